The Hall–Kier alpha value is -1.65. The average Bonchev–Trinajstić information content (AvgIpc) is 2.94. The highest BCUT2D eigenvalue weighted by atomic mass is 32.1. The first-order valence-electron chi connectivity index (χ1n) is 7.72. The molecule has 1 aliphatic heterocycles. The fourth-order valence-corrected chi connectivity index (χ4v) is 4.07. The zero-order valence-corrected chi connectivity index (χ0v) is 14.2. The maximum Gasteiger partial charge on any atom is 0.238 e. The van der Waals surface area contributed by atoms with Crippen LogP contribution in [-0.2, 0) is 11.2 Å². The lowest BCUT2D eigenvalue weighted by atomic mass is 10.0. The molecule has 0 aliphatic carbocycles. The van der Waals surface area contributed by atoms with Gasteiger partial charge >= 0.3 is 0 Å². The molecule has 1 unspecified atom stereocenters. The number of anilines is 1. The second kappa shape index (κ2) is 6.23. The van der Waals surface area contributed by atoms with Gasteiger partial charge in [0, 0.05) is 23.2 Å². The lowest BCUT2D eigenvalue weighted by Gasteiger charge is -2.33. The number of nitrogens with zero attached hydrogens (tertiary/aromatic N) is 1. The number of aryl methyl sites for hydroxylation is 2. The summed E-state index contributed by atoms with van der Waals surface area (Å²) in [5.74, 6) is 0.0671. The van der Waals surface area contributed by atoms with Gasteiger partial charge in [-0.1, -0.05) is 17.7 Å². The monoisotopic (exact) mass is 314 g/mol. The van der Waals surface area contributed by atoms with Gasteiger partial charge in [-0.05, 0) is 55.8 Å². The van der Waals surface area contributed by atoms with Crippen molar-refractivity contribution in [3.63, 3.8) is 0 Å². The molecule has 1 amide bonds. The van der Waals surface area contributed by atoms with Crippen LogP contribution in [0.25, 0.3) is 0 Å². The summed E-state index contributed by atoms with van der Waals surface area (Å²) >= 11 is 1.83. The van der Waals surface area contributed by atoms with Crippen LogP contribution in [0.15, 0.2) is 29.6 Å². The molecule has 22 heavy (non-hydrogen) atoms. The topological polar surface area (TPSA) is 32.3 Å². The number of hydrogen-bond acceptors (Lipinski definition) is 3. The molecule has 1 aliphatic rings. The fourth-order valence-electron chi connectivity index (χ4n) is 3.11. The molecule has 0 fully saturated rings. The molecule has 1 aromatic heterocycles. The summed E-state index contributed by atoms with van der Waals surface area (Å²) in [4.78, 5) is 16.1. The van der Waals surface area contributed by atoms with Gasteiger partial charge in [-0.25, -0.2) is 0 Å². The molecule has 2 heterocycles. The van der Waals surface area contributed by atoms with Crippen molar-refractivity contribution >= 4 is 22.9 Å². The number of amides is 1. The Bertz CT molecular complexity index is 692. The van der Waals surface area contributed by atoms with Crippen molar-refractivity contribution in [1.29, 1.82) is 0 Å². The zero-order chi connectivity index (χ0) is 15.7. The van der Waals surface area contributed by atoms with E-state index in [1.807, 2.05) is 30.4 Å². The third-order valence-electron chi connectivity index (χ3n) is 4.41. The molecule has 0 saturated heterocycles. The first-order valence-corrected chi connectivity index (χ1v) is 8.60. The molecule has 0 saturated carbocycles. The van der Waals surface area contributed by atoms with Crippen LogP contribution in [-0.4, -0.2) is 23.9 Å². The maximum atomic E-state index is 12.4. The number of thiophene rings is 1. The van der Waals surface area contributed by atoms with Crippen molar-refractivity contribution in [1.82, 2.24) is 4.90 Å². The number of carbonyl (C=O) groups excluding carboxylic acids is 1. The van der Waals surface area contributed by atoms with E-state index in [0.29, 0.717) is 12.6 Å². The Morgan fingerprint density at radius 2 is 2.18 bits per heavy atom. The number of nitrogens with one attached hydrogen (secondary N) is 1. The number of benzene rings is 1. The minimum Gasteiger partial charge on any atom is -0.325 e. The Balaban J connectivity index is 1.65. The van der Waals surface area contributed by atoms with E-state index in [9.17, 15) is 4.79 Å². The summed E-state index contributed by atoms with van der Waals surface area (Å²) in [6.45, 7) is 7.68. The number of hydrogen-bond donors (Lipinski definition) is 1. The summed E-state index contributed by atoms with van der Waals surface area (Å²) < 4.78 is 0. The van der Waals surface area contributed by atoms with Crippen LogP contribution in [0.1, 0.15) is 34.5 Å². The summed E-state index contributed by atoms with van der Waals surface area (Å²) in [7, 11) is 0. The van der Waals surface area contributed by atoms with E-state index >= 15 is 0 Å². The molecule has 1 atom stereocenters. The van der Waals surface area contributed by atoms with Gasteiger partial charge in [0.2, 0.25) is 5.91 Å². The normalized spacial score (nSPS) is 18.0. The molecule has 1 N–H and O–H groups in total. The van der Waals surface area contributed by atoms with E-state index in [4.69, 9.17) is 0 Å². The number of carbonyl (C=O) groups is 1. The van der Waals surface area contributed by atoms with Crippen LogP contribution in [0.5, 0.6) is 0 Å². The van der Waals surface area contributed by atoms with Gasteiger partial charge in [0.05, 0.1) is 6.54 Å². The smallest absolute Gasteiger partial charge is 0.238 e. The predicted molar refractivity (Wildman–Crippen MR) is 92.6 cm³/mol. The van der Waals surface area contributed by atoms with E-state index in [1.54, 1.807) is 0 Å². The van der Waals surface area contributed by atoms with E-state index in [-0.39, 0.29) is 5.91 Å². The highest BCUT2D eigenvalue weighted by Gasteiger charge is 2.26. The van der Waals surface area contributed by atoms with Gasteiger partial charge in [0.1, 0.15) is 0 Å². The molecule has 116 valence electrons. The van der Waals surface area contributed by atoms with Gasteiger partial charge in [-0.3, -0.25) is 9.69 Å². The second-order valence-corrected chi connectivity index (χ2v) is 7.06. The lowest BCUT2D eigenvalue weighted by Crippen LogP contribution is -2.39. The molecule has 0 radical (unpaired) electrons. The third-order valence-corrected chi connectivity index (χ3v) is 5.40. The van der Waals surface area contributed by atoms with Gasteiger partial charge in [-0.15, -0.1) is 11.3 Å². The molecular formula is C18H22N2OS. The van der Waals surface area contributed by atoms with Crippen LogP contribution in [0.4, 0.5) is 5.69 Å². The van der Waals surface area contributed by atoms with Crippen LogP contribution >= 0.6 is 11.3 Å². The van der Waals surface area contributed by atoms with Crippen LogP contribution in [0, 0.1) is 13.8 Å². The summed E-state index contributed by atoms with van der Waals surface area (Å²) in [6.07, 6.45) is 1.05. The molecule has 3 nitrogen and oxygen atoms in total. The fraction of sp³-hybridized carbons (Fsp3) is 0.389. The van der Waals surface area contributed by atoms with Gasteiger partial charge in [-0.2, -0.15) is 0 Å². The number of fused-ring (bicyclic) bond motifs is 1. The Labute approximate surface area is 136 Å². The van der Waals surface area contributed by atoms with Gasteiger partial charge < -0.3 is 5.32 Å². The molecule has 0 spiro atoms. The molecular weight excluding hydrogens is 292 g/mol. The Morgan fingerprint density at radius 1 is 1.36 bits per heavy atom. The van der Waals surface area contributed by atoms with Crippen molar-refractivity contribution in [2.75, 3.05) is 18.4 Å². The van der Waals surface area contributed by atoms with Gasteiger partial charge in [0.25, 0.3) is 0 Å². The second-order valence-electron chi connectivity index (χ2n) is 6.06. The minimum absolute atomic E-state index is 0.0671. The quantitative estimate of drug-likeness (QED) is 0.931. The molecule has 4 heteroatoms. The Morgan fingerprint density at radius 3 is 2.95 bits per heavy atom. The van der Waals surface area contributed by atoms with Crippen LogP contribution < -0.4 is 5.32 Å². The zero-order valence-electron chi connectivity index (χ0n) is 13.3. The SMILES string of the molecule is Cc1ccc(NC(=O)CN2CCc3sccc3C2C)c(C)c1. The summed E-state index contributed by atoms with van der Waals surface area (Å²) in [5, 5.41) is 5.20. The van der Waals surface area contributed by atoms with E-state index in [1.165, 1.54) is 16.0 Å². The highest BCUT2D eigenvalue weighted by molar-refractivity contribution is 7.10. The van der Waals surface area contributed by atoms with E-state index in [2.05, 4.69) is 41.6 Å². The molecule has 0 bridgehead atoms. The van der Waals surface area contributed by atoms with Crippen molar-refractivity contribution in [2.24, 2.45) is 0 Å². The molecule has 3 rings (SSSR count). The standard InChI is InChI=1S/C18H22N2OS/c1-12-4-5-16(13(2)10-12)19-18(21)11-20-8-6-17-15(14(20)3)7-9-22-17/h4-5,7,9-10,14H,6,8,11H2,1-3H3,(H,19,21). The average molecular weight is 314 g/mol. The lowest BCUT2D eigenvalue weighted by molar-refractivity contribution is -0.117. The Kier molecular flexibility index (Phi) is 4.32. The highest BCUT2D eigenvalue weighted by Crippen LogP contribution is 2.32. The molecule has 2 aromatic rings. The van der Waals surface area contributed by atoms with Crippen molar-refractivity contribution in [3.8, 4) is 0 Å². The minimum atomic E-state index is 0.0671. The van der Waals surface area contributed by atoms with Crippen molar-refractivity contribution in [3.05, 3.63) is 51.2 Å². The van der Waals surface area contributed by atoms with Crippen molar-refractivity contribution < 1.29 is 4.79 Å². The summed E-state index contributed by atoms with van der Waals surface area (Å²) in [6, 6.07) is 8.62. The first-order chi connectivity index (χ1) is 10.5. The molecule has 1 aromatic carbocycles. The number of rotatable bonds is 3. The van der Waals surface area contributed by atoms with Crippen molar-refractivity contribution in [2.45, 2.75) is 33.2 Å². The van der Waals surface area contributed by atoms with Crippen LogP contribution in [0.2, 0.25) is 0 Å². The van der Waals surface area contributed by atoms with Gasteiger partial charge in [0.15, 0.2) is 0 Å². The van der Waals surface area contributed by atoms with E-state index < -0.39 is 0 Å². The van der Waals surface area contributed by atoms with Crippen LogP contribution in [0.3, 0.4) is 0 Å². The largest absolute Gasteiger partial charge is 0.325 e. The first kappa shape index (κ1) is 15.3. The predicted octanol–water partition coefficient (Wildman–Crippen LogP) is 3.92. The third kappa shape index (κ3) is 3.08. The van der Waals surface area contributed by atoms with E-state index in [0.717, 1.165) is 24.2 Å². The summed E-state index contributed by atoms with van der Waals surface area (Å²) in [5.41, 5.74) is 4.62. The maximum absolute atomic E-state index is 12.4.